The molecule has 0 aliphatic carbocycles. The second kappa shape index (κ2) is 8.04. The highest BCUT2D eigenvalue weighted by molar-refractivity contribution is 7.99. The van der Waals surface area contributed by atoms with Crippen LogP contribution in [0.15, 0.2) is 48.5 Å². The van der Waals surface area contributed by atoms with E-state index >= 15 is 0 Å². The van der Waals surface area contributed by atoms with Crippen molar-refractivity contribution in [3.8, 4) is 0 Å². The molecule has 2 nitrogen and oxygen atoms in total. The lowest BCUT2D eigenvalue weighted by Gasteiger charge is -2.14. The zero-order valence-corrected chi connectivity index (χ0v) is 14.2. The van der Waals surface area contributed by atoms with Crippen LogP contribution >= 0.6 is 11.8 Å². The highest BCUT2D eigenvalue weighted by Gasteiger charge is 2.09. The zero-order valence-electron chi connectivity index (χ0n) is 13.4. The molecular weight excluding hydrogens is 290 g/mol. The largest absolute Gasteiger partial charge is 0.349 e. The first-order valence-corrected chi connectivity index (χ1v) is 8.69. The van der Waals surface area contributed by atoms with Crippen molar-refractivity contribution in [2.75, 3.05) is 5.75 Å². The molecule has 2 rings (SSSR count). The normalized spacial score (nSPS) is 12.0. The first-order chi connectivity index (χ1) is 10.5. The van der Waals surface area contributed by atoms with Gasteiger partial charge in [0.15, 0.2) is 0 Å². The Morgan fingerprint density at radius 1 is 1.09 bits per heavy atom. The monoisotopic (exact) mass is 313 g/mol. The molecule has 0 saturated heterocycles. The summed E-state index contributed by atoms with van der Waals surface area (Å²) in [6.45, 7) is 6.23. The number of rotatable bonds is 6. The van der Waals surface area contributed by atoms with Crippen LogP contribution < -0.4 is 5.32 Å². The fourth-order valence-electron chi connectivity index (χ4n) is 2.52. The van der Waals surface area contributed by atoms with Gasteiger partial charge in [0.1, 0.15) is 0 Å². The smallest absolute Gasteiger partial charge is 0.230 e. The lowest BCUT2D eigenvalue weighted by atomic mass is 10.1. The molecular formula is C19H23NOS. The van der Waals surface area contributed by atoms with Crippen LogP contribution in [0.4, 0.5) is 0 Å². The Labute approximate surface area is 137 Å². The molecule has 116 valence electrons. The molecule has 0 bridgehead atoms. The second-order valence-electron chi connectivity index (χ2n) is 5.69. The van der Waals surface area contributed by atoms with Crippen molar-refractivity contribution < 1.29 is 4.79 Å². The molecule has 0 heterocycles. The maximum atomic E-state index is 12.0. The van der Waals surface area contributed by atoms with Gasteiger partial charge in [-0.25, -0.2) is 0 Å². The number of hydrogen-bond donors (Lipinski definition) is 1. The van der Waals surface area contributed by atoms with Crippen LogP contribution in [0.2, 0.25) is 0 Å². The van der Waals surface area contributed by atoms with Crippen LogP contribution in [0.25, 0.3) is 0 Å². The summed E-state index contributed by atoms with van der Waals surface area (Å²) >= 11 is 1.66. The predicted molar refractivity (Wildman–Crippen MR) is 95.1 cm³/mol. The first kappa shape index (κ1) is 16.6. The third-order valence-corrected chi connectivity index (χ3v) is 4.46. The van der Waals surface area contributed by atoms with E-state index in [0.29, 0.717) is 5.75 Å². The van der Waals surface area contributed by atoms with E-state index in [1.165, 1.54) is 16.7 Å². The number of benzene rings is 2. The first-order valence-electron chi connectivity index (χ1n) is 7.54. The highest BCUT2D eigenvalue weighted by atomic mass is 32.2. The molecule has 2 aromatic carbocycles. The van der Waals surface area contributed by atoms with Gasteiger partial charge in [-0.15, -0.1) is 11.8 Å². The van der Waals surface area contributed by atoms with Gasteiger partial charge in [0, 0.05) is 5.75 Å². The van der Waals surface area contributed by atoms with E-state index in [9.17, 15) is 4.79 Å². The van der Waals surface area contributed by atoms with Crippen LogP contribution in [-0.4, -0.2) is 11.7 Å². The molecule has 3 heteroatoms. The van der Waals surface area contributed by atoms with E-state index in [0.717, 1.165) is 11.3 Å². The lowest BCUT2D eigenvalue weighted by molar-refractivity contribution is -0.119. The Balaban J connectivity index is 1.78. The van der Waals surface area contributed by atoms with Gasteiger partial charge in [0.25, 0.3) is 0 Å². The van der Waals surface area contributed by atoms with Crippen molar-refractivity contribution >= 4 is 17.7 Å². The van der Waals surface area contributed by atoms with E-state index in [1.54, 1.807) is 11.8 Å². The second-order valence-corrected chi connectivity index (χ2v) is 6.67. The predicted octanol–water partition coefficient (Wildman–Crippen LogP) is 4.41. The third kappa shape index (κ3) is 5.23. The summed E-state index contributed by atoms with van der Waals surface area (Å²) in [7, 11) is 0. The molecule has 0 aliphatic rings. The lowest BCUT2D eigenvalue weighted by Crippen LogP contribution is -2.28. The summed E-state index contributed by atoms with van der Waals surface area (Å²) in [5.41, 5.74) is 4.97. The number of carbonyl (C=O) groups is 1. The van der Waals surface area contributed by atoms with Crippen LogP contribution in [0.5, 0.6) is 0 Å². The minimum Gasteiger partial charge on any atom is -0.349 e. The molecule has 0 saturated carbocycles. The van der Waals surface area contributed by atoms with Crippen molar-refractivity contribution in [1.29, 1.82) is 0 Å². The maximum Gasteiger partial charge on any atom is 0.230 e. The fourth-order valence-corrected chi connectivity index (χ4v) is 3.30. The van der Waals surface area contributed by atoms with Gasteiger partial charge in [-0.3, -0.25) is 4.79 Å². The number of thioether (sulfide) groups is 1. The molecule has 0 fully saturated rings. The standard InChI is InChI=1S/C19H23NOS/c1-14-9-15(2)11-17(10-14)12-22-13-19(21)20-16(3)18-7-5-4-6-8-18/h4-11,16H,12-13H2,1-3H3,(H,20,21). The average molecular weight is 313 g/mol. The Bertz CT molecular complexity index is 604. The average Bonchev–Trinajstić information content (AvgIpc) is 2.47. The summed E-state index contributed by atoms with van der Waals surface area (Å²) in [6, 6.07) is 16.6. The molecule has 0 aliphatic heterocycles. The third-order valence-electron chi connectivity index (χ3n) is 3.46. The van der Waals surface area contributed by atoms with E-state index in [2.05, 4.69) is 37.4 Å². The zero-order chi connectivity index (χ0) is 15.9. The molecule has 0 radical (unpaired) electrons. The number of aryl methyl sites for hydroxylation is 2. The van der Waals surface area contributed by atoms with Crippen LogP contribution in [0.3, 0.4) is 0 Å². The van der Waals surface area contributed by atoms with Gasteiger partial charge in [0.2, 0.25) is 5.91 Å². The highest BCUT2D eigenvalue weighted by Crippen LogP contribution is 2.16. The van der Waals surface area contributed by atoms with Crippen LogP contribution in [0, 0.1) is 13.8 Å². The summed E-state index contributed by atoms with van der Waals surface area (Å²) in [5.74, 6) is 1.45. The summed E-state index contributed by atoms with van der Waals surface area (Å²) < 4.78 is 0. The number of nitrogens with one attached hydrogen (secondary N) is 1. The Morgan fingerprint density at radius 2 is 1.73 bits per heavy atom. The van der Waals surface area contributed by atoms with Crippen LogP contribution in [0.1, 0.15) is 35.2 Å². The van der Waals surface area contributed by atoms with Crippen molar-refractivity contribution in [3.05, 3.63) is 70.8 Å². The van der Waals surface area contributed by atoms with E-state index in [4.69, 9.17) is 0 Å². The van der Waals surface area contributed by atoms with Gasteiger partial charge in [-0.1, -0.05) is 59.7 Å². The molecule has 0 spiro atoms. The van der Waals surface area contributed by atoms with Crippen molar-refractivity contribution in [2.45, 2.75) is 32.6 Å². The molecule has 1 N–H and O–H groups in total. The number of amides is 1. The Morgan fingerprint density at radius 3 is 2.36 bits per heavy atom. The van der Waals surface area contributed by atoms with Gasteiger partial charge in [-0.05, 0) is 31.9 Å². The molecule has 1 amide bonds. The van der Waals surface area contributed by atoms with Gasteiger partial charge in [0.05, 0.1) is 11.8 Å². The van der Waals surface area contributed by atoms with Crippen molar-refractivity contribution in [1.82, 2.24) is 5.32 Å². The molecule has 22 heavy (non-hydrogen) atoms. The maximum absolute atomic E-state index is 12.0. The van der Waals surface area contributed by atoms with E-state index < -0.39 is 0 Å². The fraction of sp³-hybridized carbons (Fsp3) is 0.316. The number of carbonyl (C=O) groups excluding carboxylic acids is 1. The molecule has 1 atom stereocenters. The van der Waals surface area contributed by atoms with Crippen molar-refractivity contribution in [2.24, 2.45) is 0 Å². The minimum atomic E-state index is 0.0514. The Hall–Kier alpha value is -1.74. The van der Waals surface area contributed by atoms with Gasteiger partial charge >= 0.3 is 0 Å². The molecule has 1 unspecified atom stereocenters. The van der Waals surface area contributed by atoms with Gasteiger partial charge in [-0.2, -0.15) is 0 Å². The molecule has 0 aromatic heterocycles. The van der Waals surface area contributed by atoms with Crippen LogP contribution in [-0.2, 0) is 10.5 Å². The van der Waals surface area contributed by atoms with Gasteiger partial charge < -0.3 is 5.32 Å². The molecule has 2 aromatic rings. The summed E-state index contributed by atoms with van der Waals surface area (Å²) in [5, 5.41) is 3.05. The topological polar surface area (TPSA) is 29.1 Å². The number of hydrogen-bond acceptors (Lipinski definition) is 2. The van der Waals surface area contributed by atoms with E-state index in [-0.39, 0.29) is 11.9 Å². The minimum absolute atomic E-state index is 0.0514. The summed E-state index contributed by atoms with van der Waals surface area (Å²) in [4.78, 5) is 12.0. The summed E-state index contributed by atoms with van der Waals surface area (Å²) in [6.07, 6.45) is 0. The SMILES string of the molecule is Cc1cc(C)cc(CSCC(=O)NC(C)c2ccccc2)c1. The van der Waals surface area contributed by atoms with E-state index in [1.807, 2.05) is 37.3 Å². The quantitative estimate of drug-likeness (QED) is 0.855. The Kier molecular flexibility index (Phi) is 6.08. The van der Waals surface area contributed by atoms with Crippen molar-refractivity contribution in [3.63, 3.8) is 0 Å².